The molecule has 2 nitrogen and oxygen atoms in total. The SMILES string of the molecule is FS(F)(F)(F)(F)c1ccc2[nH]c(=S)[nH]c2c1. The highest BCUT2D eigenvalue weighted by molar-refractivity contribution is 8.45. The van der Waals surface area contributed by atoms with Gasteiger partial charge in [0.25, 0.3) is 0 Å². The Hall–Kier alpha value is -1.09. The number of aromatic nitrogens is 2. The van der Waals surface area contributed by atoms with E-state index in [0.29, 0.717) is 12.1 Å². The van der Waals surface area contributed by atoms with E-state index in [0.717, 1.165) is 6.07 Å². The van der Waals surface area contributed by atoms with Gasteiger partial charge in [-0.1, -0.05) is 19.4 Å². The Labute approximate surface area is 91.2 Å². The Morgan fingerprint density at radius 2 is 1.50 bits per heavy atom. The molecule has 0 saturated carbocycles. The maximum atomic E-state index is 12.4. The number of halogens is 5. The highest BCUT2D eigenvalue weighted by Crippen LogP contribution is 3.02. The van der Waals surface area contributed by atoms with Crippen LogP contribution in [0.3, 0.4) is 0 Å². The molecule has 2 rings (SSSR count). The topological polar surface area (TPSA) is 31.6 Å². The van der Waals surface area contributed by atoms with Crippen molar-refractivity contribution in [1.82, 2.24) is 9.97 Å². The van der Waals surface area contributed by atoms with Crippen molar-refractivity contribution in [2.45, 2.75) is 4.90 Å². The van der Waals surface area contributed by atoms with Gasteiger partial charge in [0, 0.05) is 0 Å². The van der Waals surface area contributed by atoms with Crippen molar-refractivity contribution in [3.63, 3.8) is 0 Å². The van der Waals surface area contributed by atoms with Crippen LogP contribution in [0.25, 0.3) is 11.0 Å². The smallest absolute Gasteiger partial charge is 0.310 e. The second kappa shape index (κ2) is 2.43. The summed E-state index contributed by atoms with van der Waals surface area (Å²) in [4.78, 5) is 2.94. The van der Waals surface area contributed by atoms with Crippen LogP contribution in [0.5, 0.6) is 0 Å². The van der Waals surface area contributed by atoms with Gasteiger partial charge in [-0.3, -0.25) is 0 Å². The molecule has 0 amide bonds. The van der Waals surface area contributed by atoms with Crippen LogP contribution >= 0.6 is 22.4 Å². The summed E-state index contributed by atoms with van der Waals surface area (Å²) < 4.78 is 62.2. The minimum absolute atomic E-state index is 0.0781. The largest absolute Gasteiger partial charge is 0.331 e. The second-order valence-electron chi connectivity index (χ2n) is 3.26. The third-order valence-corrected chi connectivity index (χ3v) is 3.28. The van der Waals surface area contributed by atoms with E-state index in [-0.39, 0.29) is 15.8 Å². The van der Waals surface area contributed by atoms with Crippen LogP contribution in [0.2, 0.25) is 0 Å². The molecule has 0 atom stereocenters. The monoisotopic (exact) mass is 276 g/mol. The molecule has 0 radical (unpaired) electrons. The predicted octanol–water partition coefficient (Wildman–Crippen LogP) is 4.88. The summed E-state index contributed by atoms with van der Waals surface area (Å²) in [7, 11) is -9.61. The predicted molar refractivity (Wildman–Crippen MR) is 54.9 cm³/mol. The van der Waals surface area contributed by atoms with E-state index >= 15 is 0 Å². The van der Waals surface area contributed by atoms with Crippen molar-refractivity contribution in [1.29, 1.82) is 0 Å². The molecule has 2 N–H and O–H groups in total. The normalized spacial score (nSPS) is 17.1. The lowest BCUT2D eigenvalue weighted by atomic mass is 10.3. The molecule has 16 heavy (non-hydrogen) atoms. The van der Waals surface area contributed by atoms with Crippen molar-refractivity contribution < 1.29 is 19.4 Å². The molecule has 0 saturated heterocycles. The Morgan fingerprint density at radius 3 is 2.06 bits per heavy atom. The minimum atomic E-state index is -9.61. The van der Waals surface area contributed by atoms with Crippen LogP contribution in [0, 0.1) is 4.77 Å². The lowest BCUT2D eigenvalue weighted by Gasteiger charge is -2.40. The number of benzene rings is 1. The first-order valence-electron chi connectivity index (χ1n) is 3.92. The van der Waals surface area contributed by atoms with Crippen molar-refractivity contribution in [3.05, 3.63) is 23.0 Å². The maximum Gasteiger partial charge on any atom is 0.310 e. The zero-order valence-electron chi connectivity index (χ0n) is 7.44. The van der Waals surface area contributed by atoms with E-state index in [1.54, 1.807) is 0 Å². The van der Waals surface area contributed by atoms with Crippen molar-refractivity contribution in [2.75, 3.05) is 0 Å². The van der Waals surface area contributed by atoms with Crippen molar-refractivity contribution in [2.24, 2.45) is 0 Å². The Kier molecular flexibility index (Phi) is 1.73. The molecular weight excluding hydrogens is 271 g/mol. The molecule has 0 aliphatic rings. The molecule has 0 bridgehead atoms. The second-order valence-corrected chi connectivity index (χ2v) is 6.07. The lowest BCUT2D eigenvalue weighted by molar-refractivity contribution is 0.364. The number of nitrogens with one attached hydrogen (secondary N) is 2. The summed E-state index contributed by atoms with van der Waals surface area (Å²) >= 11 is 4.63. The molecule has 0 aliphatic carbocycles. The zero-order valence-corrected chi connectivity index (χ0v) is 9.07. The van der Waals surface area contributed by atoms with Crippen LogP contribution in [0.1, 0.15) is 0 Å². The molecule has 1 aromatic carbocycles. The summed E-state index contributed by atoms with van der Waals surface area (Å²) in [5.41, 5.74) is 0.145. The lowest BCUT2D eigenvalue weighted by Crippen LogP contribution is -2.05. The first kappa shape index (κ1) is 11.4. The Morgan fingerprint density at radius 1 is 0.938 bits per heavy atom. The summed E-state index contributed by atoms with van der Waals surface area (Å²) in [5.74, 6) is 0. The van der Waals surface area contributed by atoms with Crippen LogP contribution in [-0.4, -0.2) is 9.97 Å². The summed E-state index contributed by atoms with van der Waals surface area (Å²) in [6, 6.07) is 1.60. The number of aromatic amines is 2. The van der Waals surface area contributed by atoms with E-state index in [1.165, 1.54) is 0 Å². The van der Waals surface area contributed by atoms with Gasteiger partial charge in [0.1, 0.15) is 4.90 Å². The number of fused-ring (bicyclic) bond motifs is 1. The van der Waals surface area contributed by atoms with Crippen LogP contribution in [-0.2, 0) is 0 Å². The molecule has 1 heterocycles. The molecule has 2 aromatic rings. The van der Waals surface area contributed by atoms with Gasteiger partial charge in [-0.25, -0.2) is 0 Å². The minimum Gasteiger partial charge on any atom is -0.331 e. The third-order valence-electron chi connectivity index (χ3n) is 1.93. The van der Waals surface area contributed by atoms with Gasteiger partial charge in [0.05, 0.1) is 11.0 Å². The van der Waals surface area contributed by atoms with E-state index in [1.807, 2.05) is 0 Å². The maximum absolute atomic E-state index is 12.4. The van der Waals surface area contributed by atoms with Gasteiger partial charge >= 0.3 is 10.2 Å². The highest BCUT2D eigenvalue weighted by Gasteiger charge is 2.65. The molecule has 90 valence electrons. The fourth-order valence-corrected chi connectivity index (χ4v) is 2.14. The van der Waals surface area contributed by atoms with E-state index in [2.05, 4.69) is 22.2 Å². The van der Waals surface area contributed by atoms with Gasteiger partial charge in [-0.2, -0.15) is 0 Å². The molecule has 0 fully saturated rings. The van der Waals surface area contributed by atoms with Crippen molar-refractivity contribution in [3.8, 4) is 0 Å². The van der Waals surface area contributed by atoms with Crippen LogP contribution in [0.4, 0.5) is 19.4 Å². The average molecular weight is 276 g/mol. The van der Waals surface area contributed by atoms with Gasteiger partial charge in [-0.15, -0.1) is 0 Å². The van der Waals surface area contributed by atoms with Crippen LogP contribution in [0.15, 0.2) is 23.1 Å². The van der Waals surface area contributed by atoms with Gasteiger partial charge < -0.3 is 9.97 Å². The molecule has 1 aromatic heterocycles. The summed E-state index contributed by atoms with van der Waals surface area (Å²) in [5, 5.41) is 0. The number of hydrogen-bond acceptors (Lipinski definition) is 1. The average Bonchev–Trinajstić information content (AvgIpc) is 2.38. The number of hydrogen-bond donors (Lipinski definition) is 2. The molecule has 0 unspecified atom stereocenters. The number of imidazole rings is 1. The first-order valence-corrected chi connectivity index (χ1v) is 6.28. The van der Waals surface area contributed by atoms with Crippen LogP contribution < -0.4 is 0 Å². The third kappa shape index (κ3) is 2.05. The molecule has 0 spiro atoms. The van der Waals surface area contributed by atoms with E-state index in [9.17, 15) is 19.4 Å². The Bertz CT molecular complexity index is 623. The fraction of sp³-hybridized carbons (Fsp3) is 0. The van der Waals surface area contributed by atoms with Crippen molar-refractivity contribution >= 4 is 33.5 Å². The fourth-order valence-electron chi connectivity index (χ4n) is 1.25. The quantitative estimate of drug-likeness (QED) is 0.564. The molecular formula is C7H5F5N2S2. The first-order chi connectivity index (χ1) is 6.95. The van der Waals surface area contributed by atoms with E-state index in [4.69, 9.17) is 0 Å². The zero-order chi connectivity index (χ0) is 12.3. The van der Waals surface area contributed by atoms with Gasteiger partial charge in [-0.05, 0) is 30.4 Å². The molecule has 0 aliphatic heterocycles. The van der Waals surface area contributed by atoms with E-state index < -0.39 is 15.1 Å². The standard InChI is InChI=1S/C7H5F5N2S2/c8-16(9,10,11,12)4-1-2-5-6(3-4)14-7(15)13-5/h1-3H,(H2,13,14,15). The number of rotatable bonds is 1. The molecule has 9 heteroatoms. The van der Waals surface area contributed by atoms with Gasteiger partial charge in [0.2, 0.25) is 0 Å². The highest BCUT2D eigenvalue weighted by atomic mass is 32.5. The summed E-state index contributed by atoms with van der Waals surface area (Å²) in [6.07, 6.45) is 0. The Balaban J connectivity index is 2.79. The van der Waals surface area contributed by atoms with Gasteiger partial charge in [0.15, 0.2) is 4.77 Å². The summed E-state index contributed by atoms with van der Waals surface area (Å²) in [6.45, 7) is 0. The number of H-pyrrole nitrogens is 2.